The fourth-order valence-electron chi connectivity index (χ4n) is 2.09. The van der Waals surface area contributed by atoms with Crippen LogP contribution in [0, 0.1) is 5.92 Å². The topological polar surface area (TPSA) is 43.4 Å². The lowest BCUT2D eigenvalue weighted by molar-refractivity contribution is -0.147. The van der Waals surface area contributed by atoms with Gasteiger partial charge in [0.05, 0.1) is 12.5 Å². The Balaban J connectivity index is 2.89. The average molecular weight is 210 g/mol. The molecule has 84 valence electrons. The molecule has 0 aromatic carbocycles. The predicted octanol–water partition coefficient (Wildman–Crippen LogP) is 2.26. The van der Waals surface area contributed by atoms with Gasteiger partial charge in [0.2, 0.25) is 0 Å². The normalized spacial score (nSPS) is 21.8. The van der Waals surface area contributed by atoms with Crippen molar-refractivity contribution in [3.63, 3.8) is 0 Å². The van der Waals surface area contributed by atoms with Gasteiger partial charge in [-0.2, -0.15) is 0 Å². The summed E-state index contributed by atoms with van der Waals surface area (Å²) in [7, 11) is 0. The molecule has 0 heterocycles. The molecule has 0 amide bonds. The second-order valence-corrected chi connectivity index (χ2v) is 3.78. The molecule has 1 atom stereocenters. The minimum absolute atomic E-state index is 0.187. The highest BCUT2D eigenvalue weighted by molar-refractivity contribution is 5.98. The maximum Gasteiger partial charge on any atom is 0.313 e. The molecule has 0 aromatic rings. The quantitative estimate of drug-likeness (QED) is 0.671. The number of ether oxygens (including phenoxy) is 1. The van der Waals surface area contributed by atoms with Gasteiger partial charge in [0.25, 0.3) is 0 Å². The smallest absolute Gasteiger partial charge is 0.313 e. The Labute approximate surface area is 90.5 Å². The van der Waals surface area contributed by atoms with E-state index in [-0.39, 0.29) is 17.7 Å². The van der Waals surface area contributed by atoms with E-state index in [0.717, 1.165) is 11.1 Å². The summed E-state index contributed by atoms with van der Waals surface area (Å²) in [5.41, 5.74) is 1.73. The van der Waals surface area contributed by atoms with E-state index in [1.807, 2.05) is 13.8 Å². The largest absolute Gasteiger partial charge is 0.466 e. The molecular weight excluding hydrogens is 192 g/mol. The standard InChI is InChI=1S/C12H18O3/c1-4-9-8(3)10(6-7-11(9)13)12(14)15-5-2/h10H,4-7H2,1-3H3/t10-/m0/s1. The Morgan fingerprint density at radius 1 is 1.47 bits per heavy atom. The Morgan fingerprint density at radius 2 is 2.13 bits per heavy atom. The van der Waals surface area contributed by atoms with E-state index in [4.69, 9.17) is 4.74 Å². The van der Waals surface area contributed by atoms with Crippen LogP contribution in [0.3, 0.4) is 0 Å². The third-order valence-corrected chi connectivity index (χ3v) is 2.92. The molecule has 0 aliphatic heterocycles. The lowest BCUT2D eigenvalue weighted by atomic mass is 9.82. The van der Waals surface area contributed by atoms with Crippen LogP contribution in [-0.4, -0.2) is 18.4 Å². The molecule has 0 unspecified atom stereocenters. The van der Waals surface area contributed by atoms with Crippen LogP contribution in [0.5, 0.6) is 0 Å². The second kappa shape index (κ2) is 5.10. The molecule has 0 N–H and O–H groups in total. The van der Waals surface area contributed by atoms with E-state index in [9.17, 15) is 9.59 Å². The van der Waals surface area contributed by atoms with Crippen LogP contribution in [0.4, 0.5) is 0 Å². The SMILES string of the molecule is CCOC(=O)[C@H]1CCC(=O)C(CC)=C1C. The Bertz CT molecular complexity index is 302. The number of allylic oxidation sites excluding steroid dienone is 1. The molecule has 0 saturated carbocycles. The second-order valence-electron chi connectivity index (χ2n) is 3.78. The number of rotatable bonds is 3. The maximum absolute atomic E-state index is 11.6. The van der Waals surface area contributed by atoms with Gasteiger partial charge in [0, 0.05) is 6.42 Å². The molecule has 15 heavy (non-hydrogen) atoms. The van der Waals surface area contributed by atoms with E-state index >= 15 is 0 Å². The van der Waals surface area contributed by atoms with Crippen LogP contribution in [0.2, 0.25) is 0 Å². The number of Topliss-reactive ketones (excluding diaryl/α,β-unsaturated/α-hetero) is 1. The molecule has 3 heteroatoms. The summed E-state index contributed by atoms with van der Waals surface area (Å²) >= 11 is 0. The van der Waals surface area contributed by atoms with Crippen molar-refractivity contribution in [3.8, 4) is 0 Å². The molecule has 0 aromatic heterocycles. The number of carbonyl (C=O) groups excluding carboxylic acids is 2. The van der Waals surface area contributed by atoms with Crippen LogP contribution in [-0.2, 0) is 14.3 Å². The van der Waals surface area contributed by atoms with Crippen LogP contribution < -0.4 is 0 Å². The van der Waals surface area contributed by atoms with Gasteiger partial charge >= 0.3 is 5.97 Å². The molecule has 1 aliphatic carbocycles. The minimum atomic E-state index is -0.197. The highest BCUT2D eigenvalue weighted by Gasteiger charge is 2.30. The monoisotopic (exact) mass is 210 g/mol. The van der Waals surface area contributed by atoms with Gasteiger partial charge in [-0.3, -0.25) is 9.59 Å². The first-order chi connectivity index (χ1) is 7.11. The lowest BCUT2D eigenvalue weighted by Crippen LogP contribution is -2.26. The third kappa shape index (κ3) is 2.46. The van der Waals surface area contributed by atoms with E-state index < -0.39 is 0 Å². The fraction of sp³-hybridized carbons (Fsp3) is 0.667. The number of hydrogen-bond donors (Lipinski definition) is 0. The Morgan fingerprint density at radius 3 is 2.67 bits per heavy atom. The molecule has 1 aliphatic rings. The van der Waals surface area contributed by atoms with Crippen LogP contribution in [0.15, 0.2) is 11.1 Å². The zero-order valence-electron chi connectivity index (χ0n) is 9.63. The first kappa shape index (κ1) is 12.0. The summed E-state index contributed by atoms with van der Waals surface area (Å²) in [6.45, 7) is 6.02. The predicted molar refractivity (Wildman–Crippen MR) is 57.4 cm³/mol. The van der Waals surface area contributed by atoms with Gasteiger partial charge in [-0.1, -0.05) is 12.5 Å². The maximum atomic E-state index is 11.6. The molecule has 0 radical (unpaired) electrons. The van der Waals surface area contributed by atoms with Gasteiger partial charge in [-0.15, -0.1) is 0 Å². The molecule has 0 bridgehead atoms. The summed E-state index contributed by atoms with van der Waals surface area (Å²) in [5, 5.41) is 0. The number of carbonyl (C=O) groups is 2. The third-order valence-electron chi connectivity index (χ3n) is 2.92. The zero-order valence-corrected chi connectivity index (χ0v) is 9.63. The Hall–Kier alpha value is -1.12. The van der Waals surface area contributed by atoms with Crippen LogP contribution in [0.25, 0.3) is 0 Å². The van der Waals surface area contributed by atoms with E-state index in [0.29, 0.717) is 25.9 Å². The molecule has 3 nitrogen and oxygen atoms in total. The highest BCUT2D eigenvalue weighted by atomic mass is 16.5. The van der Waals surface area contributed by atoms with Crippen molar-refractivity contribution in [1.82, 2.24) is 0 Å². The highest BCUT2D eigenvalue weighted by Crippen LogP contribution is 2.30. The van der Waals surface area contributed by atoms with Crippen molar-refractivity contribution in [1.29, 1.82) is 0 Å². The summed E-state index contributed by atoms with van der Waals surface area (Å²) in [4.78, 5) is 23.2. The van der Waals surface area contributed by atoms with Crippen LogP contribution in [0.1, 0.15) is 40.0 Å². The first-order valence-corrected chi connectivity index (χ1v) is 5.51. The van der Waals surface area contributed by atoms with Gasteiger partial charge < -0.3 is 4.74 Å². The van der Waals surface area contributed by atoms with Crippen molar-refractivity contribution in [2.24, 2.45) is 5.92 Å². The van der Waals surface area contributed by atoms with E-state index in [2.05, 4.69) is 0 Å². The first-order valence-electron chi connectivity index (χ1n) is 5.51. The zero-order chi connectivity index (χ0) is 11.4. The van der Waals surface area contributed by atoms with Gasteiger partial charge in [0.15, 0.2) is 5.78 Å². The summed E-state index contributed by atoms with van der Waals surface area (Å²) in [5.74, 6) is -0.193. The Kier molecular flexibility index (Phi) is 4.06. The van der Waals surface area contributed by atoms with Crippen molar-refractivity contribution < 1.29 is 14.3 Å². The van der Waals surface area contributed by atoms with Crippen LogP contribution >= 0.6 is 0 Å². The molecule has 0 saturated heterocycles. The number of ketones is 1. The minimum Gasteiger partial charge on any atom is -0.466 e. The molecule has 1 rings (SSSR count). The number of esters is 1. The lowest BCUT2D eigenvalue weighted by Gasteiger charge is -2.23. The summed E-state index contributed by atoms with van der Waals surface area (Å²) in [6.07, 6.45) is 1.79. The van der Waals surface area contributed by atoms with Crippen molar-refractivity contribution in [2.75, 3.05) is 6.61 Å². The van der Waals surface area contributed by atoms with E-state index in [1.54, 1.807) is 6.92 Å². The summed E-state index contributed by atoms with van der Waals surface area (Å²) < 4.78 is 5.00. The van der Waals surface area contributed by atoms with Gasteiger partial charge in [-0.05, 0) is 32.3 Å². The van der Waals surface area contributed by atoms with Crippen molar-refractivity contribution in [2.45, 2.75) is 40.0 Å². The van der Waals surface area contributed by atoms with Gasteiger partial charge in [-0.25, -0.2) is 0 Å². The average Bonchev–Trinajstić information content (AvgIpc) is 2.18. The van der Waals surface area contributed by atoms with Crippen molar-refractivity contribution in [3.05, 3.63) is 11.1 Å². The number of hydrogen-bond acceptors (Lipinski definition) is 3. The fourth-order valence-corrected chi connectivity index (χ4v) is 2.09. The van der Waals surface area contributed by atoms with Crippen molar-refractivity contribution >= 4 is 11.8 Å². The van der Waals surface area contributed by atoms with Gasteiger partial charge in [0.1, 0.15) is 0 Å². The molecule has 0 fully saturated rings. The summed E-state index contributed by atoms with van der Waals surface area (Å²) in [6, 6.07) is 0. The molecular formula is C12H18O3. The molecule has 0 spiro atoms. The van der Waals surface area contributed by atoms with E-state index in [1.165, 1.54) is 0 Å².